The Morgan fingerprint density at radius 2 is 2.36 bits per heavy atom. The Labute approximate surface area is 82.0 Å². The van der Waals surface area contributed by atoms with Crippen molar-refractivity contribution in [2.24, 2.45) is 10.7 Å². The highest BCUT2D eigenvalue weighted by Crippen LogP contribution is 2.23. The van der Waals surface area contributed by atoms with Gasteiger partial charge in [0.05, 0.1) is 12.6 Å². The summed E-state index contributed by atoms with van der Waals surface area (Å²) in [6.45, 7) is 0.603. The summed E-state index contributed by atoms with van der Waals surface area (Å²) in [6.07, 6.45) is 0. The Kier molecular flexibility index (Phi) is 2.11. The number of hydrogen-bond acceptors (Lipinski definition) is 3. The minimum Gasteiger partial charge on any atom is -0.370 e. The summed E-state index contributed by atoms with van der Waals surface area (Å²) in [7, 11) is 1.86. The maximum atomic E-state index is 13.0. The van der Waals surface area contributed by atoms with Crippen molar-refractivity contribution >= 4 is 5.96 Å². The molecular formula is C10H12FN3. The van der Waals surface area contributed by atoms with Crippen molar-refractivity contribution in [3.8, 4) is 0 Å². The molecule has 2 N–H and O–H groups in total. The number of guanidine groups is 1. The van der Waals surface area contributed by atoms with Gasteiger partial charge in [-0.05, 0) is 17.7 Å². The van der Waals surface area contributed by atoms with Gasteiger partial charge < -0.3 is 10.6 Å². The molecule has 0 aliphatic carbocycles. The van der Waals surface area contributed by atoms with E-state index >= 15 is 0 Å². The maximum Gasteiger partial charge on any atom is 0.191 e. The molecule has 1 atom stereocenters. The van der Waals surface area contributed by atoms with Crippen molar-refractivity contribution in [2.75, 3.05) is 13.6 Å². The molecule has 4 heteroatoms. The van der Waals surface area contributed by atoms with E-state index in [1.807, 2.05) is 18.0 Å². The summed E-state index contributed by atoms with van der Waals surface area (Å²) < 4.78 is 13.0. The zero-order chi connectivity index (χ0) is 10.1. The average Bonchev–Trinajstić information content (AvgIpc) is 2.48. The van der Waals surface area contributed by atoms with Gasteiger partial charge in [0.1, 0.15) is 5.82 Å². The largest absolute Gasteiger partial charge is 0.370 e. The first-order valence-corrected chi connectivity index (χ1v) is 4.46. The fourth-order valence-corrected chi connectivity index (χ4v) is 1.62. The van der Waals surface area contributed by atoms with E-state index in [1.54, 1.807) is 6.07 Å². The molecule has 0 radical (unpaired) electrons. The molecule has 1 aliphatic rings. The molecule has 14 heavy (non-hydrogen) atoms. The van der Waals surface area contributed by atoms with Crippen LogP contribution in [0.4, 0.5) is 4.39 Å². The third kappa shape index (κ3) is 1.43. The molecular weight excluding hydrogens is 181 g/mol. The third-order valence-electron chi connectivity index (χ3n) is 2.49. The van der Waals surface area contributed by atoms with Gasteiger partial charge in [0, 0.05) is 7.05 Å². The predicted octanol–water partition coefficient (Wildman–Crippen LogP) is 1.13. The van der Waals surface area contributed by atoms with Gasteiger partial charge in [-0.2, -0.15) is 0 Å². The summed E-state index contributed by atoms with van der Waals surface area (Å²) in [5.74, 6) is 0.292. The number of nitrogens with two attached hydrogens (primary N) is 1. The lowest BCUT2D eigenvalue weighted by molar-refractivity contribution is 0.412. The molecule has 2 rings (SSSR count). The van der Waals surface area contributed by atoms with E-state index in [0.717, 1.165) is 5.56 Å². The molecule has 1 aromatic carbocycles. The fraction of sp³-hybridized carbons (Fsp3) is 0.300. The second kappa shape index (κ2) is 3.29. The molecule has 0 saturated heterocycles. The van der Waals surface area contributed by atoms with Crippen LogP contribution in [0.3, 0.4) is 0 Å². The van der Waals surface area contributed by atoms with Crippen molar-refractivity contribution in [3.63, 3.8) is 0 Å². The second-order valence-electron chi connectivity index (χ2n) is 3.38. The minimum atomic E-state index is -0.221. The van der Waals surface area contributed by atoms with E-state index < -0.39 is 0 Å². The normalized spacial score (nSPS) is 21.1. The van der Waals surface area contributed by atoms with Gasteiger partial charge in [-0.3, -0.25) is 4.99 Å². The van der Waals surface area contributed by atoms with Crippen LogP contribution in [0.1, 0.15) is 11.6 Å². The van der Waals surface area contributed by atoms with Gasteiger partial charge in [-0.25, -0.2) is 4.39 Å². The number of likely N-dealkylation sites (N-methyl/N-ethyl adjacent to an activating group) is 1. The van der Waals surface area contributed by atoms with Gasteiger partial charge in [-0.1, -0.05) is 12.1 Å². The highest BCUT2D eigenvalue weighted by atomic mass is 19.1. The average molecular weight is 193 g/mol. The molecule has 0 spiro atoms. The lowest BCUT2D eigenvalue weighted by atomic mass is 10.1. The van der Waals surface area contributed by atoms with Gasteiger partial charge >= 0.3 is 0 Å². The van der Waals surface area contributed by atoms with Gasteiger partial charge in [0.15, 0.2) is 5.96 Å². The Hall–Kier alpha value is -1.58. The number of nitrogens with zero attached hydrogens (tertiary/aromatic N) is 2. The number of hydrogen-bond donors (Lipinski definition) is 1. The van der Waals surface area contributed by atoms with Crippen LogP contribution in [0, 0.1) is 5.82 Å². The molecule has 0 bridgehead atoms. The molecule has 1 aliphatic heterocycles. The third-order valence-corrected chi connectivity index (χ3v) is 2.49. The summed E-state index contributed by atoms with van der Waals surface area (Å²) in [4.78, 5) is 5.96. The number of rotatable bonds is 1. The standard InChI is InChI=1S/C10H12FN3/c1-14-9(6-13-10(14)12)7-3-2-4-8(11)5-7/h2-5,9H,6H2,1H3,(H2,12,13). The number of halogens is 1. The van der Waals surface area contributed by atoms with Crippen LogP contribution in [0.5, 0.6) is 0 Å². The lowest BCUT2D eigenvalue weighted by Crippen LogP contribution is -2.32. The summed E-state index contributed by atoms with van der Waals surface area (Å²) in [5.41, 5.74) is 6.54. The van der Waals surface area contributed by atoms with Crippen LogP contribution in [0.2, 0.25) is 0 Å². The van der Waals surface area contributed by atoms with Crippen molar-refractivity contribution in [2.45, 2.75) is 6.04 Å². The first-order chi connectivity index (χ1) is 6.68. The predicted molar refractivity (Wildman–Crippen MR) is 53.4 cm³/mol. The van der Waals surface area contributed by atoms with Gasteiger partial charge in [0.25, 0.3) is 0 Å². The molecule has 0 amide bonds. The first kappa shape index (κ1) is 8.99. The number of benzene rings is 1. The molecule has 0 aromatic heterocycles. The number of aliphatic imine (C=N–C) groups is 1. The van der Waals surface area contributed by atoms with Crippen LogP contribution in [-0.2, 0) is 0 Å². The summed E-state index contributed by atoms with van der Waals surface area (Å²) >= 11 is 0. The quantitative estimate of drug-likeness (QED) is 0.726. The van der Waals surface area contributed by atoms with Gasteiger partial charge in [0.2, 0.25) is 0 Å². The first-order valence-electron chi connectivity index (χ1n) is 4.46. The van der Waals surface area contributed by atoms with Gasteiger partial charge in [-0.15, -0.1) is 0 Å². The van der Waals surface area contributed by atoms with Crippen molar-refractivity contribution < 1.29 is 4.39 Å². The zero-order valence-corrected chi connectivity index (χ0v) is 7.94. The Morgan fingerprint density at radius 3 is 2.93 bits per heavy atom. The highest BCUT2D eigenvalue weighted by molar-refractivity contribution is 5.80. The molecule has 1 aromatic rings. The highest BCUT2D eigenvalue weighted by Gasteiger charge is 2.23. The topological polar surface area (TPSA) is 41.6 Å². The van der Waals surface area contributed by atoms with Crippen LogP contribution in [-0.4, -0.2) is 24.5 Å². The Balaban J connectivity index is 2.26. The van der Waals surface area contributed by atoms with E-state index in [0.29, 0.717) is 12.5 Å². The summed E-state index contributed by atoms with van der Waals surface area (Å²) in [6, 6.07) is 6.62. The summed E-state index contributed by atoms with van der Waals surface area (Å²) in [5, 5.41) is 0. The lowest BCUT2D eigenvalue weighted by Gasteiger charge is -2.21. The van der Waals surface area contributed by atoms with E-state index in [-0.39, 0.29) is 11.9 Å². The van der Waals surface area contributed by atoms with Crippen molar-refractivity contribution in [1.82, 2.24) is 4.90 Å². The van der Waals surface area contributed by atoms with Crippen LogP contribution in [0.25, 0.3) is 0 Å². The second-order valence-corrected chi connectivity index (χ2v) is 3.38. The molecule has 0 saturated carbocycles. The Bertz CT molecular complexity index is 375. The van der Waals surface area contributed by atoms with Crippen LogP contribution in [0.15, 0.2) is 29.3 Å². The van der Waals surface area contributed by atoms with E-state index in [9.17, 15) is 4.39 Å². The molecule has 3 nitrogen and oxygen atoms in total. The fourth-order valence-electron chi connectivity index (χ4n) is 1.62. The SMILES string of the molecule is CN1C(N)=NCC1c1cccc(F)c1. The van der Waals surface area contributed by atoms with Crippen molar-refractivity contribution in [1.29, 1.82) is 0 Å². The van der Waals surface area contributed by atoms with Crippen molar-refractivity contribution in [3.05, 3.63) is 35.6 Å². The maximum absolute atomic E-state index is 13.0. The Morgan fingerprint density at radius 1 is 1.57 bits per heavy atom. The van der Waals surface area contributed by atoms with Crippen LogP contribution >= 0.6 is 0 Å². The van der Waals surface area contributed by atoms with E-state index in [4.69, 9.17) is 5.73 Å². The smallest absolute Gasteiger partial charge is 0.191 e. The zero-order valence-electron chi connectivity index (χ0n) is 7.94. The molecule has 1 unspecified atom stereocenters. The van der Waals surface area contributed by atoms with E-state index in [2.05, 4.69) is 4.99 Å². The monoisotopic (exact) mass is 193 g/mol. The molecule has 1 heterocycles. The van der Waals surface area contributed by atoms with E-state index in [1.165, 1.54) is 12.1 Å². The molecule has 74 valence electrons. The molecule has 0 fully saturated rings. The minimum absolute atomic E-state index is 0.0747. The van der Waals surface area contributed by atoms with Crippen LogP contribution < -0.4 is 5.73 Å².